The summed E-state index contributed by atoms with van der Waals surface area (Å²) in [7, 11) is 0. The van der Waals surface area contributed by atoms with Crippen LogP contribution < -0.4 is 5.32 Å². The third-order valence-corrected chi connectivity index (χ3v) is 2.46. The highest BCUT2D eigenvalue weighted by Crippen LogP contribution is 2.23. The van der Waals surface area contributed by atoms with Crippen LogP contribution in [0.25, 0.3) is 0 Å². The molecule has 0 bridgehead atoms. The fourth-order valence-corrected chi connectivity index (χ4v) is 1.55. The van der Waals surface area contributed by atoms with Gasteiger partial charge >= 0.3 is 0 Å². The largest absolute Gasteiger partial charge is 0.393 e. The fraction of sp³-hybridized carbons (Fsp3) is 0.875. The lowest BCUT2D eigenvalue weighted by atomic mass is 9.85. The third kappa shape index (κ3) is 2.19. The maximum Gasteiger partial charge on any atom is 0.207 e. The fourth-order valence-electron chi connectivity index (χ4n) is 1.55. The average Bonchev–Trinajstić information content (AvgIpc) is 1.98. The van der Waals surface area contributed by atoms with Gasteiger partial charge in [-0.1, -0.05) is 6.92 Å². The summed E-state index contributed by atoms with van der Waals surface area (Å²) in [4.78, 5) is 10.1. The molecule has 11 heavy (non-hydrogen) atoms. The lowest BCUT2D eigenvalue weighted by Crippen LogP contribution is -2.38. The molecule has 0 spiro atoms. The molecule has 1 aliphatic carbocycles. The van der Waals surface area contributed by atoms with E-state index in [-0.39, 0.29) is 12.1 Å². The lowest BCUT2D eigenvalue weighted by molar-refractivity contribution is -0.110. The zero-order chi connectivity index (χ0) is 8.27. The summed E-state index contributed by atoms with van der Waals surface area (Å²) in [5, 5.41) is 12.1. The van der Waals surface area contributed by atoms with Gasteiger partial charge in [-0.15, -0.1) is 0 Å². The standard InChI is InChI=1S/C8H15NO2/c1-6-2-3-7(9-5-10)4-8(6)11/h5-8,11H,2-4H2,1H3,(H,9,10)/t6-,7-,8-/m1/s1. The number of aliphatic hydroxyl groups excluding tert-OH is 1. The smallest absolute Gasteiger partial charge is 0.207 e. The molecule has 3 heteroatoms. The van der Waals surface area contributed by atoms with Crippen molar-refractivity contribution < 1.29 is 9.90 Å². The van der Waals surface area contributed by atoms with E-state index in [0.29, 0.717) is 18.7 Å². The average molecular weight is 157 g/mol. The molecule has 0 saturated heterocycles. The molecule has 0 aromatic heterocycles. The minimum Gasteiger partial charge on any atom is -0.393 e. The molecule has 64 valence electrons. The van der Waals surface area contributed by atoms with Crippen LogP contribution >= 0.6 is 0 Å². The van der Waals surface area contributed by atoms with Crippen molar-refractivity contribution in [1.82, 2.24) is 5.32 Å². The summed E-state index contributed by atoms with van der Waals surface area (Å²) in [6.07, 6.45) is 3.19. The van der Waals surface area contributed by atoms with Crippen LogP contribution in [0.3, 0.4) is 0 Å². The second-order valence-electron chi connectivity index (χ2n) is 3.34. The number of rotatable bonds is 2. The van der Waals surface area contributed by atoms with E-state index in [0.717, 1.165) is 12.8 Å². The van der Waals surface area contributed by atoms with Crippen LogP contribution in [-0.4, -0.2) is 23.7 Å². The van der Waals surface area contributed by atoms with Gasteiger partial charge in [0.2, 0.25) is 6.41 Å². The van der Waals surface area contributed by atoms with Gasteiger partial charge in [0, 0.05) is 6.04 Å². The Morgan fingerprint density at radius 2 is 2.27 bits per heavy atom. The van der Waals surface area contributed by atoms with E-state index in [4.69, 9.17) is 0 Å². The van der Waals surface area contributed by atoms with Crippen LogP contribution in [0, 0.1) is 5.92 Å². The van der Waals surface area contributed by atoms with E-state index < -0.39 is 0 Å². The molecule has 3 nitrogen and oxygen atoms in total. The first-order chi connectivity index (χ1) is 5.24. The maximum absolute atomic E-state index is 10.1. The Hall–Kier alpha value is -0.570. The highest BCUT2D eigenvalue weighted by Gasteiger charge is 2.25. The summed E-state index contributed by atoms with van der Waals surface area (Å²) < 4.78 is 0. The van der Waals surface area contributed by atoms with Crippen molar-refractivity contribution in [2.24, 2.45) is 5.92 Å². The van der Waals surface area contributed by atoms with Gasteiger partial charge < -0.3 is 10.4 Å². The minimum atomic E-state index is -0.235. The number of carbonyl (C=O) groups excluding carboxylic acids is 1. The Labute approximate surface area is 66.8 Å². The highest BCUT2D eigenvalue weighted by atomic mass is 16.3. The number of hydrogen-bond acceptors (Lipinski definition) is 2. The van der Waals surface area contributed by atoms with Gasteiger partial charge in [-0.25, -0.2) is 0 Å². The summed E-state index contributed by atoms with van der Waals surface area (Å²) >= 11 is 0. The molecule has 1 fully saturated rings. The van der Waals surface area contributed by atoms with Crippen LogP contribution in [-0.2, 0) is 4.79 Å². The van der Waals surface area contributed by atoms with E-state index >= 15 is 0 Å². The van der Waals surface area contributed by atoms with Crippen LogP contribution in [0.1, 0.15) is 26.2 Å². The summed E-state index contributed by atoms with van der Waals surface area (Å²) in [5.41, 5.74) is 0. The molecule has 1 amide bonds. The maximum atomic E-state index is 10.1. The predicted octanol–water partition coefficient (Wildman–Crippen LogP) is 0.282. The predicted molar refractivity (Wildman–Crippen MR) is 42.0 cm³/mol. The molecule has 0 unspecified atom stereocenters. The van der Waals surface area contributed by atoms with Crippen molar-refractivity contribution in [1.29, 1.82) is 0 Å². The third-order valence-electron chi connectivity index (χ3n) is 2.46. The molecule has 1 rings (SSSR count). The minimum absolute atomic E-state index is 0.193. The van der Waals surface area contributed by atoms with Gasteiger partial charge in [-0.2, -0.15) is 0 Å². The van der Waals surface area contributed by atoms with Crippen LogP contribution in [0.5, 0.6) is 0 Å². The zero-order valence-electron chi connectivity index (χ0n) is 6.79. The number of amides is 1. The van der Waals surface area contributed by atoms with Crippen LogP contribution in [0.2, 0.25) is 0 Å². The Morgan fingerprint density at radius 1 is 1.55 bits per heavy atom. The van der Waals surface area contributed by atoms with Gasteiger partial charge in [-0.05, 0) is 25.2 Å². The molecular formula is C8H15NO2. The van der Waals surface area contributed by atoms with Gasteiger partial charge in [0.1, 0.15) is 0 Å². The van der Waals surface area contributed by atoms with Crippen molar-refractivity contribution in [3.63, 3.8) is 0 Å². The topological polar surface area (TPSA) is 49.3 Å². The SMILES string of the molecule is C[C@@H]1CC[C@@H](NC=O)C[C@H]1O. The summed E-state index contributed by atoms with van der Waals surface area (Å²) in [6.45, 7) is 2.04. The van der Waals surface area contributed by atoms with E-state index in [2.05, 4.69) is 5.32 Å². The number of carbonyl (C=O) groups is 1. The van der Waals surface area contributed by atoms with Crippen molar-refractivity contribution in [3.8, 4) is 0 Å². The van der Waals surface area contributed by atoms with Gasteiger partial charge in [0.05, 0.1) is 6.10 Å². The summed E-state index contributed by atoms with van der Waals surface area (Å²) in [5.74, 6) is 0.389. The monoisotopic (exact) mass is 157 g/mol. The van der Waals surface area contributed by atoms with Crippen molar-refractivity contribution in [2.45, 2.75) is 38.3 Å². The van der Waals surface area contributed by atoms with Crippen molar-refractivity contribution in [2.75, 3.05) is 0 Å². The molecule has 0 aromatic rings. The molecule has 0 heterocycles. The Morgan fingerprint density at radius 3 is 2.82 bits per heavy atom. The van der Waals surface area contributed by atoms with E-state index in [1.807, 2.05) is 6.92 Å². The van der Waals surface area contributed by atoms with Crippen LogP contribution in [0.15, 0.2) is 0 Å². The van der Waals surface area contributed by atoms with E-state index in [1.165, 1.54) is 0 Å². The van der Waals surface area contributed by atoms with Gasteiger partial charge in [0.15, 0.2) is 0 Å². The molecular weight excluding hydrogens is 142 g/mol. The molecule has 1 saturated carbocycles. The number of nitrogens with one attached hydrogen (secondary N) is 1. The second kappa shape index (κ2) is 3.72. The first-order valence-electron chi connectivity index (χ1n) is 4.11. The Balaban J connectivity index is 2.33. The molecule has 1 aliphatic rings. The zero-order valence-corrected chi connectivity index (χ0v) is 6.79. The Kier molecular flexibility index (Phi) is 2.88. The molecule has 2 N–H and O–H groups in total. The molecule has 0 radical (unpaired) electrons. The highest BCUT2D eigenvalue weighted by molar-refractivity contribution is 5.46. The van der Waals surface area contributed by atoms with Crippen molar-refractivity contribution in [3.05, 3.63) is 0 Å². The van der Waals surface area contributed by atoms with Gasteiger partial charge in [-0.3, -0.25) is 4.79 Å². The molecule has 0 aromatic carbocycles. The first kappa shape index (κ1) is 8.53. The van der Waals surface area contributed by atoms with Crippen molar-refractivity contribution >= 4 is 6.41 Å². The quantitative estimate of drug-likeness (QED) is 0.566. The van der Waals surface area contributed by atoms with E-state index in [1.54, 1.807) is 0 Å². The molecule has 0 aliphatic heterocycles. The van der Waals surface area contributed by atoms with Crippen LogP contribution in [0.4, 0.5) is 0 Å². The second-order valence-corrected chi connectivity index (χ2v) is 3.34. The lowest BCUT2D eigenvalue weighted by Gasteiger charge is -2.30. The first-order valence-corrected chi connectivity index (χ1v) is 4.11. The number of hydrogen-bond donors (Lipinski definition) is 2. The molecule has 3 atom stereocenters. The normalized spacial score (nSPS) is 38.2. The van der Waals surface area contributed by atoms with Gasteiger partial charge in [0.25, 0.3) is 0 Å². The summed E-state index contributed by atoms with van der Waals surface area (Å²) in [6, 6.07) is 0.193. The van der Waals surface area contributed by atoms with E-state index in [9.17, 15) is 9.90 Å². The Bertz CT molecular complexity index is 138. The number of aliphatic hydroxyl groups is 1.